The standard InChI is InChI=1S/C12H12N2O/c13-11-7-15-14-12(11)10-6-5-8-3-1-2-4-9(8)10/h1-4,7,10H,5-6,13H2. The van der Waals surface area contributed by atoms with Crippen molar-refractivity contribution >= 4 is 5.69 Å². The fourth-order valence-electron chi connectivity index (χ4n) is 2.36. The third-order valence-electron chi connectivity index (χ3n) is 3.09. The molecule has 1 aliphatic rings. The molecule has 0 fully saturated rings. The van der Waals surface area contributed by atoms with Crippen molar-refractivity contribution in [2.45, 2.75) is 18.8 Å². The Balaban J connectivity index is 2.08. The van der Waals surface area contributed by atoms with Gasteiger partial charge in [0, 0.05) is 5.92 Å². The zero-order chi connectivity index (χ0) is 10.3. The zero-order valence-corrected chi connectivity index (χ0v) is 8.31. The maximum Gasteiger partial charge on any atom is 0.147 e. The molecule has 2 aromatic rings. The van der Waals surface area contributed by atoms with E-state index in [1.165, 1.54) is 17.4 Å². The van der Waals surface area contributed by atoms with Crippen molar-refractivity contribution in [3.05, 3.63) is 47.3 Å². The molecule has 1 aromatic carbocycles. The number of nitrogen functional groups attached to an aromatic ring is 1. The highest BCUT2D eigenvalue weighted by Crippen LogP contribution is 2.39. The average molecular weight is 200 g/mol. The van der Waals surface area contributed by atoms with Crippen LogP contribution in [0.5, 0.6) is 0 Å². The van der Waals surface area contributed by atoms with E-state index in [0.29, 0.717) is 11.6 Å². The molecular formula is C12H12N2O. The van der Waals surface area contributed by atoms with Crippen LogP contribution in [0, 0.1) is 0 Å². The number of hydrogen-bond donors (Lipinski definition) is 1. The van der Waals surface area contributed by atoms with Gasteiger partial charge in [-0.3, -0.25) is 0 Å². The highest BCUT2D eigenvalue weighted by molar-refractivity contribution is 5.49. The van der Waals surface area contributed by atoms with Crippen LogP contribution in [0.4, 0.5) is 5.69 Å². The number of anilines is 1. The second kappa shape index (κ2) is 3.12. The number of fused-ring (bicyclic) bond motifs is 1. The summed E-state index contributed by atoms with van der Waals surface area (Å²) in [6.07, 6.45) is 3.69. The lowest BCUT2D eigenvalue weighted by molar-refractivity contribution is 0.408. The monoisotopic (exact) mass is 200 g/mol. The normalized spacial score (nSPS) is 19.1. The van der Waals surface area contributed by atoms with Crippen LogP contribution in [-0.4, -0.2) is 5.16 Å². The van der Waals surface area contributed by atoms with Crippen LogP contribution >= 0.6 is 0 Å². The largest absolute Gasteiger partial charge is 0.395 e. The Kier molecular flexibility index (Phi) is 1.78. The van der Waals surface area contributed by atoms with Crippen LogP contribution in [-0.2, 0) is 6.42 Å². The zero-order valence-electron chi connectivity index (χ0n) is 8.31. The van der Waals surface area contributed by atoms with Gasteiger partial charge in [0.2, 0.25) is 0 Å². The van der Waals surface area contributed by atoms with E-state index in [4.69, 9.17) is 10.3 Å². The summed E-state index contributed by atoms with van der Waals surface area (Å²) in [6.45, 7) is 0. The lowest BCUT2D eigenvalue weighted by Crippen LogP contribution is -2.00. The van der Waals surface area contributed by atoms with Gasteiger partial charge in [0.25, 0.3) is 0 Å². The number of aromatic nitrogens is 1. The van der Waals surface area contributed by atoms with Crippen molar-refractivity contribution in [1.29, 1.82) is 0 Å². The highest BCUT2D eigenvalue weighted by Gasteiger charge is 2.27. The summed E-state index contributed by atoms with van der Waals surface area (Å²) in [4.78, 5) is 0. The Labute approximate surface area is 87.9 Å². The van der Waals surface area contributed by atoms with Gasteiger partial charge in [0.15, 0.2) is 0 Å². The molecule has 0 spiro atoms. The van der Waals surface area contributed by atoms with Crippen LogP contribution in [0.3, 0.4) is 0 Å². The first-order chi connectivity index (χ1) is 7.36. The fraction of sp³-hybridized carbons (Fsp3) is 0.250. The van der Waals surface area contributed by atoms with E-state index in [2.05, 4.69) is 29.4 Å². The smallest absolute Gasteiger partial charge is 0.147 e. The van der Waals surface area contributed by atoms with Crippen molar-refractivity contribution in [2.24, 2.45) is 0 Å². The first kappa shape index (κ1) is 8.53. The quantitative estimate of drug-likeness (QED) is 0.768. The van der Waals surface area contributed by atoms with Gasteiger partial charge in [0.1, 0.15) is 12.0 Å². The van der Waals surface area contributed by atoms with E-state index in [9.17, 15) is 0 Å². The van der Waals surface area contributed by atoms with Crippen molar-refractivity contribution in [1.82, 2.24) is 5.16 Å². The lowest BCUT2D eigenvalue weighted by atomic mass is 9.97. The third kappa shape index (κ3) is 1.23. The number of aryl methyl sites for hydroxylation is 1. The van der Waals surface area contributed by atoms with Gasteiger partial charge in [-0.15, -0.1) is 0 Å². The van der Waals surface area contributed by atoms with Crippen molar-refractivity contribution < 1.29 is 4.52 Å². The Morgan fingerprint density at radius 1 is 1.33 bits per heavy atom. The number of benzene rings is 1. The molecule has 3 rings (SSSR count). The molecule has 1 heterocycles. The van der Waals surface area contributed by atoms with Crippen molar-refractivity contribution in [2.75, 3.05) is 5.73 Å². The molecule has 0 amide bonds. The molecule has 0 saturated heterocycles. The Morgan fingerprint density at radius 2 is 2.20 bits per heavy atom. The molecule has 0 radical (unpaired) electrons. The summed E-state index contributed by atoms with van der Waals surface area (Å²) < 4.78 is 4.90. The predicted octanol–water partition coefficient (Wildman–Crippen LogP) is 2.33. The Bertz CT molecular complexity index is 490. The Morgan fingerprint density at radius 3 is 3.00 bits per heavy atom. The molecule has 1 atom stereocenters. The molecule has 1 aliphatic carbocycles. The Hall–Kier alpha value is -1.77. The van der Waals surface area contributed by atoms with Crippen LogP contribution < -0.4 is 5.73 Å². The molecule has 0 saturated carbocycles. The molecule has 0 aliphatic heterocycles. The van der Waals surface area contributed by atoms with Gasteiger partial charge in [-0.25, -0.2) is 0 Å². The van der Waals surface area contributed by atoms with Gasteiger partial charge >= 0.3 is 0 Å². The highest BCUT2D eigenvalue weighted by atomic mass is 16.5. The minimum absolute atomic E-state index is 0.319. The molecule has 2 N–H and O–H groups in total. The summed E-state index contributed by atoms with van der Waals surface area (Å²) in [6, 6.07) is 8.47. The maximum absolute atomic E-state index is 5.82. The molecule has 3 heteroatoms. The second-order valence-electron chi connectivity index (χ2n) is 3.95. The predicted molar refractivity (Wildman–Crippen MR) is 57.5 cm³/mol. The van der Waals surface area contributed by atoms with E-state index >= 15 is 0 Å². The van der Waals surface area contributed by atoms with Gasteiger partial charge in [-0.2, -0.15) is 0 Å². The van der Waals surface area contributed by atoms with Crippen LogP contribution in [0.25, 0.3) is 0 Å². The third-order valence-corrected chi connectivity index (χ3v) is 3.09. The van der Waals surface area contributed by atoms with Crippen molar-refractivity contribution in [3.8, 4) is 0 Å². The number of hydrogen-bond acceptors (Lipinski definition) is 3. The number of nitrogens with two attached hydrogens (primary N) is 1. The first-order valence-corrected chi connectivity index (χ1v) is 5.14. The summed E-state index contributed by atoms with van der Waals surface area (Å²) in [5.41, 5.74) is 10.1. The van der Waals surface area contributed by atoms with E-state index in [-0.39, 0.29) is 0 Å². The molecule has 1 aromatic heterocycles. The van der Waals surface area contributed by atoms with E-state index in [1.807, 2.05) is 0 Å². The van der Waals surface area contributed by atoms with Crippen LogP contribution in [0.15, 0.2) is 35.1 Å². The fourth-order valence-corrected chi connectivity index (χ4v) is 2.36. The van der Waals surface area contributed by atoms with E-state index < -0.39 is 0 Å². The summed E-state index contributed by atoms with van der Waals surface area (Å²) in [7, 11) is 0. The lowest BCUT2D eigenvalue weighted by Gasteiger charge is -2.07. The van der Waals surface area contributed by atoms with Gasteiger partial charge in [0.05, 0.1) is 5.69 Å². The van der Waals surface area contributed by atoms with Crippen molar-refractivity contribution in [3.63, 3.8) is 0 Å². The minimum Gasteiger partial charge on any atom is -0.395 e. The summed E-state index contributed by atoms with van der Waals surface area (Å²) >= 11 is 0. The summed E-state index contributed by atoms with van der Waals surface area (Å²) in [5.74, 6) is 0.319. The second-order valence-corrected chi connectivity index (χ2v) is 3.95. The topological polar surface area (TPSA) is 52.0 Å². The maximum atomic E-state index is 5.82. The van der Waals surface area contributed by atoms with E-state index in [0.717, 1.165) is 18.5 Å². The van der Waals surface area contributed by atoms with Crippen LogP contribution in [0.1, 0.15) is 29.2 Å². The molecule has 76 valence electrons. The molecular weight excluding hydrogens is 188 g/mol. The molecule has 15 heavy (non-hydrogen) atoms. The van der Waals surface area contributed by atoms with Gasteiger partial charge in [-0.05, 0) is 24.0 Å². The number of rotatable bonds is 1. The molecule has 1 unspecified atom stereocenters. The average Bonchev–Trinajstić information content (AvgIpc) is 2.83. The SMILES string of the molecule is Nc1conc1C1CCc2ccccc21. The molecule has 0 bridgehead atoms. The first-order valence-electron chi connectivity index (χ1n) is 5.14. The minimum atomic E-state index is 0.319. The van der Waals surface area contributed by atoms with Gasteiger partial charge < -0.3 is 10.3 Å². The van der Waals surface area contributed by atoms with E-state index in [1.54, 1.807) is 0 Å². The molecule has 3 nitrogen and oxygen atoms in total. The number of nitrogens with zero attached hydrogens (tertiary/aromatic N) is 1. The summed E-state index contributed by atoms with van der Waals surface area (Å²) in [5, 5.41) is 4.00. The van der Waals surface area contributed by atoms with Crippen LogP contribution in [0.2, 0.25) is 0 Å². The van der Waals surface area contributed by atoms with Gasteiger partial charge in [-0.1, -0.05) is 29.4 Å².